The van der Waals surface area contributed by atoms with Gasteiger partial charge in [-0.1, -0.05) is 17.4 Å². The van der Waals surface area contributed by atoms with Gasteiger partial charge < -0.3 is 15.0 Å². The number of urea groups is 1. The van der Waals surface area contributed by atoms with Gasteiger partial charge in [-0.15, -0.1) is 10.2 Å². The highest BCUT2D eigenvalue weighted by molar-refractivity contribution is 7.18. The summed E-state index contributed by atoms with van der Waals surface area (Å²) in [6.45, 7) is 0.498. The molecule has 0 spiro atoms. The fourth-order valence-electron chi connectivity index (χ4n) is 3.21. The van der Waals surface area contributed by atoms with Crippen molar-refractivity contribution in [3.8, 4) is 16.5 Å². The third-order valence-corrected chi connectivity index (χ3v) is 5.56. The minimum Gasteiger partial charge on any atom is -0.497 e. The smallest absolute Gasteiger partial charge is 0.324 e. The Balaban J connectivity index is 1.39. The fourth-order valence-corrected chi connectivity index (χ4v) is 3.92. The van der Waals surface area contributed by atoms with Gasteiger partial charge in [-0.25, -0.2) is 4.79 Å². The molecule has 1 atom stereocenters. The average molecular weight is 424 g/mol. The lowest BCUT2D eigenvalue weighted by atomic mass is 10.2. The molecule has 1 fully saturated rings. The number of nitrogens with one attached hydrogen (secondary N) is 2. The van der Waals surface area contributed by atoms with Gasteiger partial charge in [0.2, 0.25) is 11.0 Å². The van der Waals surface area contributed by atoms with Crippen molar-refractivity contribution in [3.63, 3.8) is 0 Å². The summed E-state index contributed by atoms with van der Waals surface area (Å²) in [4.78, 5) is 31.2. The Bertz CT molecular complexity index is 1020. The molecular formula is C20H20N6O3S. The van der Waals surface area contributed by atoms with Gasteiger partial charge in [0.25, 0.3) is 0 Å². The van der Waals surface area contributed by atoms with Crippen molar-refractivity contribution in [2.24, 2.45) is 0 Å². The second-order valence-electron chi connectivity index (χ2n) is 6.63. The summed E-state index contributed by atoms with van der Waals surface area (Å²) >= 11 is 1.23. The highest BCUT2D eigenvalue weighted by atomic mass is 32.1. The second kappa shape index (κ2) is 8.87. The van der Waals surface area contributed by atoms with E-state index in [1.54, 1.807) is 37.6 Å². The molecule has 3 heterocycles. The molecule has 0 saturated carbocycles. The Kier molecular flexibility index (Phi) is 5.84. The highest BCUT2D eigenvalue weighted by Gasteiger charge is 2.34. The van der Waals surface area contributed by atoms with Gasteiger partial charge in [-0.2, -0.15) is 0 Å². The monoisotopic (exact) mass is 424 g/mol. The van der Waals surface area contributed by atoms with Crippen molar-refractivity contribution in [3.05, 3.63) is 48.7 Å². The molecule has 10 heteroatoms. The molecule has 9 nitrogen and oxygen atoms in total. The van der Waals surface area contributed by atoms with E-state index in [9.17, 15) is 9.59 Å². The van der Waals surface area contributed by atoms with Crippen LogP contribution in [0, 0.1) is 0 Å². The number of amides is 3. The Labute approximate surface area is 177 Å². The van der Waals surface area contributed by atoms with Gasteiger partial charge in [0.1, 0.15) is 17.5 Å². The van der Waals surface area contributed by atoms with Gasteiger partial charge in [0, 0.05) is 18.4 Å². The summed E-state index contributed by atoms with van der Waals surface area (Å²) in [5, 5.41) is 14.7. The summed E-state index contributed by atoms with van der Waals surface area (Å²) in [6, 6.07) is 11.6. The minimum absolute atomic E-state index is 0.223. The van der Waals surface area contributed by atoms with Gasteiger partial charge >= 0.3 is 6.03 Å². The largest absolute Gasteiger partial charge is 0.497 e. The number of hydrogen-bond donors (Lipinski definition) is 2. The van der Waals surface area contributed by atoms with Crippen LogP contribution < -0.4 is 15.4 Å². The summed E-state index contributed by atoms with van der Waals surface area (Å²) in [7, 11) is 1.58. The molecule has 154 valence electrons. The lowest BCUT2D eigenvalue weighted by Crippen LogP contribution is -2.45. The van der Waals surface area contributed by atoms with E-state index in [2.05, 4.69) is 25.8 Å². The zero-order valence-electron chi connectivity index (χ0n) is 16.2. The van der Waals surface area contributed by atoms with Crippen LogP contribution in [0.3, 0.4) is 0 Å². The van der Waals surface area contributed by atoms with Crippen LogP contribution in [-0.4, -0.2) is 51.7 Å². The lowest BCUT2D eigenvalue weighted by Gasteiger charge is -2.23. The Morgan fingerprint density at radius 3 is 2.70 bits per heavy atom. The third kappa shape index (κ3) is 4.38. The van der Waals surface area contributed by atoms with E-state index in [0.717, 1.165) is 6.42 Å². The zero-order chi connectivity index (χ0) is 20.9. The maximum atomic E-state index is 12.8. The first kappa shape index (κ1) is 19.8. The molecule has 2 aromatic heterocycles. The maximum absolute atomic E-state index is 12.8. The van der Waals surface area contributed by atoms with Crippen LogP contribution in [0.5, 0.6) is 5.75 Å². The number of hydrogen-bond acceptors (Lipinski definition) is 7. The number of ether oxygens (including phenoxy) is 1. The van der Waals surface area contributed by atoms with Crippen LogP contribution in [0.1, 0.15) is 12.8 Å². The average Bonchev–Trinajstić information content (AvgIpc) is 3.45. The molecule has 2 N–H and O–H groups in total. The van der Waals surface area contributed by atoms with Crippen molar-refractivity contribution in [1.29, 1.82) is 0 Å². The van der Waals surface area contributed by atoms with Crippen LogP contribution >= 0.6 is 11.3 Å². The van der Waals surface area contributed by atoms with Gasteiger partial charge in [0.15, 0.2) is 5.01 Å². The predicted molar refractivity (Wildman–Crippen MR) is 114 cm³/mol. The van der Waals surface area contributed by atoms with E-state index in [-0.39, 0.29) is 11.9 Å². The van der Waals surface area contributed by atoms with E-state index in [0.29, 0.717) is 40.2 Å². The fraction of sp³-hybridized carbons (Fsp3) is 0.250. The van der Waals surface area contributed by atoms with Gasteiger partial charge in [0.05, 0.1) is 7.11 Å². The van der Waals surface area contributed by atoms with Crippen LogP contribution in [0.2, 0.25) is 0 Å². The number of methoxy groups -OCH3 is 1. The topological polar surface area (TPSA) is 109 Å². The zero-order valence-corrected chi connectivity index (χ0v) is 17.1. The maximum Gasteiger partial charge on any atom is 0.324 e. The molecule has 4 rings (SSSR count). The van der Waals surface area contributed by atoms with Gasteiger partial charge in [-0.3, -0.25) is 15.1 Å². The molecule has 3 aromatic rings. The number of carbonyl (C=O) groups is 2. The predicted octanol–water partition coefficient (Wildman–Crippen LogP) is 3.24. The molecule has 3 amide bonds. The first-order valence-electron chi connectivity index (χ1n) is 9.41. The molecule has 1 aliphatic rings. The summed E-state index contributed by atoms with van der Waals surface area (Å²) < 4.78 is 5.12. The number of likely N-dealkylation sites (tertiary alicyclic amines) is 1. The van der Waals surface area contributed by atoms with Crippen molar-refractivity contribution in [2.75, 3.05) is 24.3 Å². The third-order valence-electron chi connectivity index (χ3n) is 4.70. The number of rotatable bonds is 5. The van der Waals surface area contributed by atoms with Crippen LogP contribution in [0.25, 0.3) is 10.7 Å². The van der Waals surface area contributed by atoms with E-state index in [4.69, 9.17) is 4.74 Å². The van der Waals surface area contributed by atoms with Crippen molar-refractivity contribution >= 4 is 34.1 Å². The number of carbonyl (C=O) groups excluding carboxylic acids is 2. The molecule has 0 radical (unpaired) electrons. The molecule has 30 heavy (non-hydrogen) atoms. The van der Waals surface area contributed by atoms with Crippen LogP contribution in [-0.2, 0) is 4.79 Å². The van der Waals surface area contributed by atoms with Crippen molar-refractivity contribution < 1.29 is 14.3 Å². The van der Waals surface area contributed by atoms with Crippen molar-refractivity contribution in [2.45, 2.75) is 18.9 Å². The molecule has 1 saturated heterocycles. The molecule has 0 bridgehead atoms. The second-order valence-corrected chi connectivity index (χ2v) is 7.60. The molecule has 1 unspecified atom stereocenters. The van der Waals surface area contributed by atoms with E-state index >= 15 is 0 Å². The van der Waals surface area contributed by atoms with Crippen LogP contribution in [0.4, 0.5) is 15.6 Å². The van der Waals surface area contributed by atoms with E-state index in [1.165, 1.54) is 16.2 Å². The highest BCUT2D eigenvalue weighted by Crippen LogP contribution is 2.26. The number of pyridine rings is 1. The Morgan fingerprint density at radius 2 is 1.97 bits per heavy atom. The van der Waals surface area contributed by atoms with E-state index < -0.39 is 6.04 Å². The lowest BCUT2D eigenvalue weighted by molar-refractivity contribution is -0.119. The van der Waals surface area contributed by atoms with Crippen LogP contribution in [0.15, 0.2) is 48.7 Å². The van der Waals surface area contributed by atoms with Gasteiger partial charge in [-0.05, 0) is 49.2 Å². The molecular weight excluding hydrogens is 404 g/mol. The summed E-state index contributed by atoms with van der Waals surface area (Å²) in [6.07, 6.45) is 3.03. The van der Waals surface area contributed by atoms with Crippen molar-refractivity contribution in [1.82, 2.24) is 20.1 Å². The standard InChI is InChI=1S/C20H20N6O3S/c1-29-14-9-7-13(8-10-14)22-17(27)16-6-4-12-26(16)20(28)23-19-25-24-18(30-19)15-5-2-3-11-21-15/h2-3,5,7-11,16H,4,6,12H2,1H3,(H,22,27)(H,23,25,28). The summed E-state index contributed by atoms with van der Waals surface area (Å²) in [5.74, 6) is 0.483. The number of aromatic nitrogens is 3. The molecule has 0 aliphatic carbocycles. The molecule has 1 aliphatic heterocycles. The normalized spacial score (nSPS) is 15.6. The SMILES string of the molecule is COc1ccc(NC(=O)C2CCCN2C(=O)Nc2nnc(-c3ccccn3)s2)cc1. The van der Waals surface area contributed by atoms with E-state index in [1.807, 2.05) is 18.2 Å². The number of nitrogens with zero attached hydrogens (tertiary/aromatic N) is 4. The quantitative estimate of drug-likeness (QED) is 0.651. The first-order chi connectivity index (χ1) is 14.6. The number of anilines is 2. The Hall–Kier alpha value is -3.53. The summed E-state index contributed by atoms with van der Waals surface area (Å²) in [5.41, 5.74) is 1.34. The number of benzene rings is 1. The first-order valence-corrected chi connectivity index (χ1v) is 10.2. The Morgan fingerprint density at radius 1 is 1.13 bits per heavy atom. The minimum atomic E-state index is -0.546. The molecule has 1 aromatic carbocycles.